The Morgan fingerprint density at radius 2 is 2.00 bits per heavy atom. The van der Waals surface area contributed by atoms with E-state index in [4.69, 9.17) is 11.6 Å². The highest BCUT2D eigenvalue weighted by Crippen LogP contribution is 2.28. The molecule has 0 radical (unpaired) electrons. The fourth-order valence-corrected chi connectivity index (χ4v) is 3.25. The van der Waals surface area contributed by atoms with Crippen LogP contribution in [0.1, 0.15) is 45.1 Å². The molecule has 1 aromatic carbocycles. The molecule has 0 saturated carbocycles. The summed E-state index contributed by atoms with van der Waals surface area (Å²) in [6.07, 6.45) is 4.60. The first-order valence-electron chi connectivity index (χ1n) is 7.69. The zero-order valence-corrected chi connectivity index (χ0v) is 13.5. The van der Waals surface area contributed by atoms with Crippen LogP contribution in [0.5, 0.6) is 0 Å². The van der Waals surface area contributed by atoms with Gasteiger partial charge in [-0.1, -0.05) is 31.0 Å². The monoisotopic (exact) mass is 311 g/mol. The molecule has 1 atom stereocenters. The Balaban J connectivity index is 2.15. The minimum Gasteiger partial charge on any atom is -0.297 e. The molecule has 1 aliphatic rings. The number of Topliss-reactive ketones (excluding diaryl/α,β-unsaturated/α-hetero) is 1. The third-order valence-electron chi connectivity index (χ3n) is 4.71. The third kappa shape index (κ3) is 3.64. The first-order valence-corrected chi connectivity index (χ1v) is 8.07. The van der Waals surface area contributed by atoms with Gasteiger partial charge in [0.25, 0.3) is 0 Å². The van der Waals surface area contributed by atoms with Crippen molar-refractivity contribution in [2.75, 3.05) is 13.1 Å². The predicted molar refractivity (Wildman–Crippen MR) is 84.2 cm³/mol. The van der Waals surface area contributed by atoms with Gasteiger partial charge in [-0.15, -0.1) is 0 Å². The fraction of sp³-hybridized carbons (Fsp3) is 0.588. The van der Waals surface area contributed by atoms with E-state index in [0.717, 1.165) is 32.4 Å². The van der Waals surface area contributed by atoms with Crippen LogP contribution in [0, 0.1) is 5.82 Å². The number of halogens is 2. The molecule has 0 bridgehead atoms. The molecule has 0 N–H and O–H groups in total. The molecule has 2 rings (SSSR count). The Morgan fingerprint density at radius 3 is 2.57 bits per heavy atom. The van der Waals surface area contributed by atoms with E-state index in [1.165, 1.54) is 18.6 Å². The SMILES string of the molecule is CCC(C)(C(=O)Cc1ccc(F)cc1Cl)N1CCCCC1. The van der Waals surface area contributed by atoms with Gasteiger partial charge in [0, 0.05) is 11.4 Å². The van der Waals surface area contributed by atoms with E-state index in [1.54, 1.807) is 6.07 Å². The summed E-state index contributed by atoms with van der Waals surface area (Å²) in [4.78, 5) is 15.1. The molecule has 1 heterocycles. The van der Waals surface area contributed by atoms with Crippen molar-refractivity contribution in [2.45, 2.75) is 51.5 Å². The number of hydrogen-bond donors (Lipinski definition) is 0. The van der Waals surface area contributed by atoms with E-state index in [2.05, 4.69) is 11.8 Å². The average molecular weight is 312 g/mol. The van der Waals surface area contributed by atoms with Crippen LogP contribution in [0.2, 0.25) is 5.02 Å². The number of carbonyl (C=O) groups excluding carboxylic acids is 1. The Labute approximate surface area is 131 Å². The number of nitrogens with zero attached hydrogens (tertiary/aromatic N) is 1. The topological polar surface area (TPSA) is 20.3 Å². The summed E-state index contributed by atoms with van der Waals surface area (Å²) in [7, 11) is 0. The number of carbonyl (C=O) groups is 1. The summed E-state index contributed by atoms with van der Waals surface area (Å²) in [6, 6.07) is 4.24. The average Bonchev–Trinajstić information content (AvgIpc) is 2.50. The Bertz CT molecular complexity index is 514. The van der Waals surface area contributed by atoms with Gasteiger partial charge in [0.05, 0.1) is 5.54 Å². The zero-order valence-electron chi connectivity index (χ0n) is 12.8. The molecule has 0 spiro atoms. The second-order valence-corrected chi connectivity index (χ2v) is 6.42. The van der Waals surface area contributed by atoms with Gasteiger partial charge in [-0.2, -0.15) is 0 Å². The molecular weight excluding hydrogens is 289 g/mol. The van der Waals surface area contributed by atoms with Gasteiger partial charge in [-0.3, -0.25) is 9.69 Å². The van der Waals surface area contributed by atoms with Crippen molar-refractivity contribution in [2.24, 2.45) is 0 Å². The van der Waals surface area contributed by atoms with Crippen molar-refractivity contribution in [1.29, 1.82) is 0 Å². The zero-order chi connectivity index (χ0) is 15.5. The molecule has 1 aliphatic heterocycles. The summed E-state index contributed by atoms with van der Waals surface area (Å²) in [5.41, 5.74) is 0.262. The second kappa shape index (κ2) is 6.89. The van der Waals surface area contributed by atoms with Crippen LogP contribution in [0.15, 0.2) is 18.2 Å². The molecule has 21 heavy (non-hydrogen) atoms. The maximum atomic E-state index is 13.1. The number of rotatable bonds is 5. The Hall–Kier alpha value is -0.930. The molecule has 1 saturated heterocycles. The minimum absolute atomic E-state index is 0.167. The third-order valence-corrected chi connectivity index (χ3v) is 5.06. The normalized spacial score (nSPS) is 19.2. The maximum Gasteiger partial charge on any atom is 0.157 e. The van der Waals surface area contributed by atoms with Crippen LogP contribution >= 0.6 is 11.6 Å². The van der Waals surface area contributed by atoms with Crippen molar-refractivity contribution < 1.29 is 9.18 Å². The van der Waals surface area contributed by atoms with E-state index in [9.17, 15) is 9.18 Å². The van der Waals surface area contributed by atoms with Crippen LogP contribution in [0.25, 0.3) is 0 Å². The lowest BCUT2D eigenvalue weighted by atomic mass is 9.86. The standard InChI is InChI=1S/C17H23ClFNO/c1-3-17(2,20-9-5-4-6-10-20)16(21)11-13-7-8-14(19)12-15(13)18/h7-8,12H,3-6,9-11H2,1-2H3. The lowest BCUT2D eigenvalue weighted by Gasteiger charge is -2.42. The molecule has 2 nitrogen and oxygen atoms in total. The van der Waals surface area contributed by atoms with Gasteiger partial charge in [0.15, 0.2) is 5.78 Å². The Morgan fingerprint density at radius 1 is 1.33 bits per heavy atom. The van der Waals surface area contributed by atoms with Crippen LogP contribution in [-0.2, 0) is 11.2 Å². The first-order chi connectivity index (χ1) is 9.97. The molecule has 1 fully saturated rings. The molecular formula is C17H23ClFNO. The van der Waals surface area contributed by atoms with Gasteiger partial charge in [-0.05, 0) is 57.0 Å². The first kappa shape index (κ1) is 16.4. The fourth-order valence-electron chi connectivity index (χ4n) is 3.01. The number of likely N-dealkylation sites (tertiary alicyclic amines) is 1. The highest BCUT2D eigenvalue weighted by atomic mass is 35.5. The van der Waals surface area contributed by atoms with Crippen LogP contribution < -0.4 is 0 Å². The second-order valence-electron chi connectivity index (χ2n) is 6.01. The number of ketones is 1. The van der Waals surface area contributed by atoms with Gasteiger partial charge >= 0.3 is 0 Å². The smallest absolute Gasteiger partial charge is 0.157 e. The van der Waals surface area contributed by atoms with E-state index in [1.807, 2.05) is 6.92 Å². The van der Waals surface area contributed by atoms with E-state index >= 15 is 0 Å². The lowest BCUT2D eigenvalue weighted by Crippen LogP contribution is -2.54. The largest absolute Gasteiger partial charge is 0.297 e. The van der Waals surface area contributed by atoms with Crippen LogP contribution in [0.3, 0.4) is 0 Å². The highest BCUT2D eigenvalue weighted by Gasteiger charge is 2.37. The van der Waals surface area contributed by atoms with E-state index in [0.29, 0.717) is 10.6 Å². The van der Waals surface area contributed by atoms with Crippen molar-refractivity contribution in [3.63, 3.8) is 0 Å². The summed E-state index contributed by atoms with van der Waals surface area (Å²) in [5, 5.41) is 0.334. The van der Waals surface area contributed by atoms with Gasteiger partial charge in [-0.25, -0.2) is 4.39 Å². The summed E-state index contributed by atoms with van der Waals surface area (Å²) >= 11 is 6.05. The van der Waals surface area contributed by atoms with Crippen molar-refractivity contribution in [3.8, 4) is 0 Å². The summed E-state index contributed by atoms with van der Waals surface area (Å²) in [6.45, 7) is 6.04. The molecule has 0 aliphatic carbocycles. The van der Waals surface area contributed by atoms with Gasteiger partial charge in [0.1, 0.15) is 5.82 Å². The van der Waals surface area contributed by atoms with E-state index in [-0.39, 0.29) is 18.0 Å². The van der Waals surface area contributed by atoms with Crippen molar-refractivity contribution >= 4 is 17.4 Å². The molecule has 1 aromatic rings. The van der Waals surface area contributed by atoms with Crippen LogP contribution in [-0.4, -0.2) is 29.3 Å². The minimum atomic E-state index is -0.446. The number of benzene rings is 1. The molecule has 0 amide bonds. The Kier molecular flexibility index (Phi) is 5.39. The summed E-state index contributed by atoms with van der Waals surface area (Å²) < 4.78 is 13.1. The molecule has 1 unspecified atom stereocenters. The van der Waals surface area contributed by atoms with Crippen molar-refractivity contribution in [3.05, 3.63) is 34.6 Å². The van der Waals surface area contributed by atoms with Crippen molar-refractivity contribution in [1.82, 2.24) is 4.90 Å². The molecule has 116 valence electrons. The number of piperidine rings is 1. The van der Waals surface area contributed by atoms with Gasteiger partial charge in [0.2, 0.25) is 0 Å². The quantitative estimate of drug-likeness (QED) is 0.810. The lowest BCUT2D eigenvalue weighted by molar-refractivity contribution is -0.130. The van der Waals surface area contributed by atoms with Crippen LogP contribution in [0.4, 0.5) is 4.39 Å². The highest BCUT2D eigenvalue weighted by molar-refractivity contribution is 6.31. The number of hydrogen-bond acceptors (Lipinski definition) is 2. The summed E-state index contributed by atoms with van der Waals surface area (Å²) in [5.74, 6) is -0.203. The van der Waals surface area contributed by atoms with Gasteiger partial charge < -0.3 is 0 Å². The molecule has 0 aromatic heterocycles. The molecule has 4 heteroatoms. The predicted octanol–water partition coefficient (Wildman–Crippen LogP) is 4.25. The maximum absolute atomic E-state index is 13.1. The van der Waals surface area contributed by atoms with E-state index < -0.39 is 5.54 Å².